The molecule has 2 aromatic carbocycles. The van der Waals surface area contributed by atoms with Crippen molar-refractivity contribution in [1.29, 1.82) is 0 Å². The molecule has 0 aliphatic carbocycles. The molecule has 6 heteroatoms. The van der Waals surface area contributed by atoms with Crippen molar-refractivity contribution in [3.8, 4) is 17.2 Å². The highest BCUT2D eigenvalue weighted by molar-refractivity contribution is 6.07. The first-order valence-corrected chi connectivity index (χ1v) is 15.1. The molecule has 0 saturated carbocycles. The molecular formula is C38H50O6. The summed E-state index contributed by atoms with van der Waals surface area (Å²) in [4.78, 5) is 39.0. The molecule has 0 heterocycles. The van der Waals surface area contributed by atoms with E-state index >= 15 is 0 Å². The van der Waals surface area contributed by atoms with Crippen LogP contribution in [-0.4, -0.2) is 24.3 Å². The van der Waals surface area contributed by atoms with Gasteiger partial charge in [0.2, 0.25) is 0 Å². The van der Waals surface area contributed by atoms with Gasteiger partial charge in [0.05, 0.1) is 23.0 Å². The van der Waals surface area contributed by atoms with Crippen molar-refractivity contribution in [2.75, 3.05) is 6.61 Å². The smallest absolute Gasteiger partial charge is 0.316 e. The third-order valence-electron chi connectivity index (χ3n) is 7.30. The maximum absolute atomic E-state index is 13.4. The molecule has 0 aliphatic heterocycles. The lowest BCUT2D eigenvalue weighted by molar-refractivity contribution is -0.143. The number of ketones is 1. The molecule has 0 fully saturated rings. The van der Waals surface area contributed by atoms with Crippen LogP contribution in [0.4, 0.5) is 0 Å². The molecule has 0 radical (unpaired) electrons. The van der Waals surface area contributed by atoms with E-state index in [1.807, 2.05) is 46.8 Å². The number of carbonyl (C=O) groups is 3. The minimum atomic E-state index is -0.784. The van der Waals surface area contributed by atoms with E-state index in [0.717, 1.165) is 17.5 Å². The van der Waals surface area contributed by atoms with Gasteiger partial charge in [-0.05, 0) is 90.4 Å². The van der Waals surface area contributed by atoms with E-state index in [1.165, 1.54) is 6.08 Å². The Bertz CT molecular complexity index is 1420. The highest BCUT2D eigenvalue weighted by Gasteiger charge is 2.34. The first-order valence-electron chi connectivity index (χ1n) is 15.1. The number of rotatable bonds is 12. The highest BCUT2D eigenvalue weighted by Crippen LogP contribution is 2.47. The zero-order valence-electron chi connectivity index (χ0n) is 28.5. The van der Waals surface area contributed by atoms with Crippen molar-refractivity contribution in [3.05, 3.63) is 84.0 Å². The predicted octanol–water partition coefficient (Wildman–Crippen LogP) is 9.20. The molecule has 0 bridgehead atoms. The van der Waals surface area contributed by atoms with Crippen molar-refractivity contribution in [2.24, 2.45) is 10.8 Å². The Hall–Kier alpha value is -3.93. The maximum Gasteiger partial charge on any atom is 0.316 e. The second-order valence-corrected chi connectivity index (χ2v) is 14.2. The van der Waals surface area contributed by atoms with Crippen LogP contribution in [0.3, 0.4) is 0 Å². The zero-order chi connectivity index (χ0) is 33.7. The van der Waals surface area contributed by atoms with Crippen molar-refractivity contribution in [1.82, 2.24) is 0 Å². The molecular weight excluding hydrogens is 552 g/mol. The fourth-order valence-corrected chi connectivity index (χ4v) is 3.92. The van der Waals surface area contributed by atoms with E-state index in [4.69, 9.17) is 14.2 Å². The molecule has 0 aromatic heterocycles. The second-order valence-electron chi connectivity index (χ2n) is 14.2. The third kappa shape index (κ3) is 8.81. The van der Waals surface area contributed by atoms with Gasteiger partial charge >= 0.3 is 11.9 Å². The van der Waals surface area contributed by atoms with Crippen LogP contribution < -0.4 is 14.2 Å². The van der Waals surface area contributed by atoms with Gasteiger partial charge in [0.1, 0.15) is 17.2 Å². The molecule has 44 heavy (non-hydrogen) atoms. The van der Waals surface area contributed by atoms with Crippen LogP contribution in [-0.2, 0) is 20.4 Å². The standard InChI is InChI=1S/C38H50O6/c1-14-23-42-31-27(21-22-30(39)25-17-19-26(20-18-25)43-33(40)35(4,5)6)32(44-34(41)36(7,8)9)29(38(12,13)16-3)24-28(31)37(10,11)15-2/h15-22,24H,2-3,14,23H2,1,4-13H3/b22-21+. The van der Waals surface area contributed by atoms with Crippen LogP contribution in [0, 0.1) is 10.8 Å². The topological polar surface area (TPSA) is 78.9 Å². The minimum Gasteiger partial charge on any atom is -0.493 e. The fraction of sp³-hybridized carbons (Fsp3) is 0.447. The van der Waals surface area contributed by atoms with E-state index in [9.17, 15) is 14.4 Å². The molecule has 0 amide bonds. The molecule has 0 N–H and O–H groups in total. The number of ether oxygens (including phenoxy) is 3. The normalized spacial score (nSPS) is 12.5. The van der Waals surface area contributed by atoms with Crippen LogP contribution in [0.2, 0.25) is 0 Å². The quantitative estimate of drug-likeness (QED) is 0.0792. The average Bonchev–Trinajstić information content (AvgIpc) is 2.94. The summed E-state index contributed by atoms with van der Waals surface area (Å²) in [6, 6.07) is 8.40. The van der Waals surface area contributed by atoms with Crippen LogP contribution in [0.5, 0.6) is 17.2 Å². The van der Waals surface area contributed by atoms with E-state index in [1.54, 1.807) is 78.0 Å². The summed E-state index contributed by atoms with van der Waals surface area (Å²) in [6.45, 7) is 29.3. The summed E-state index contributed by atoms with van der Waals surface area (Å²) in [5, 5.41) is 0. The Labute approximate surface area is 264 Å². The summed E-state index contributed by atoms with van der Waals surface area (Å²) >= 11 is 0. The Kier molecular flexibility index (Phi) is 11.4. The Balaban J connectivity index is 2.82. The highest BCUT2D eigenvalue weighted by atomic mass is 16.5. The van der Waals surface area contributed by atoms with Crippen LogP contribution in [0.1, 0.15) is 110 Å². The lowest BCUT2D eigenvalue weighted by Gasteiger charge is -2.32. The summed E-state index contributed by atoms with van der Waals surface area (Å²) in [7, 11) is 0. The average molecular weight is 603 g/mol. The molecule has 0 aliphatic rings. The molecule has 6 nitrogen and oxygen atoms in total. The number of esters is 2. The number of hydrogen-bond donors (Lipinski definition) is 0. The Morgan fingerprint density at radius 3 is 1.66 bits per heavy atom. The van der Waals surface area contributed by atoms with E-state index in [-0.39, 0.29) is 11.8 Å². The van der Waals surface area contributed by atoms with Gasteiger partial charge < -0.3 is 14.2 Å². The predicted molar refractivity (Wildman–Crippen MR) is 179 cm³/mol. The van der Waals surface area contributed by atoms with Crippen molar-refractivity contribution >= 4 is 23.8 Å². The number of hydrogen-bond acceptors (Lipinski definition) is 6. The van der Waals surface area contributed by atoms with Gasteiger partial charge in [0.25, 0.3) is 0 Å². The molecule has 0 atom stereocenters. The molecule has 0 spiro atoms. The van der Waals surface area contributed by atoms with E-state index in [2.05, 4.69) is 13.2 Å². The van der Waals surface area contributed by atoms with Crippen LogP contribution in [0.15, 0.2) is 61.7 Å². The van der Waals surface area contributed by atoms with Gasteiger partial charge in [-0.25, -0.2) is 0 Å². The van der Waals surface area contributed by atoms with Crippen molar-refractivity contribution < 1.29 is 28.6 Å². The lowest BCUT2D eigenvalue weighted by Crippen LogP contribution is -2.28. The first kappa shape index (κ1) is 36.3. The van der Waals surface area contributed by atoms with Gasteiger partial charge in [-0.2, -0.15) is 0 Å². The summed E-state index contributed by atoms with van der Waals surface area (Å²) in [6.07, 6.45) is 7.49. The lowest BCUT2D eigenvalue weighted by atomic mass is 9.76. The van der Waals surface area contributed by atoms with Gasteiger partial charge in [0.15, 0.2) is 5.78 Å². The van der Waals surface area contributed by atoms with Gasteiger partial charge in [-0.3, -0.25) is 14.4 Å². The summed E-state index contributed by atoms with van der Waals surface area (Å²) < 4.78 is 18.0. The third-order valence-corrected chi connectivity index (χ3v) is 7.30. The van der Waals surface area contributed by atoms with Gasteiger partial charge in [0, 0.05) is 27.5 Å². The summed E-state index contributed by atoms with van der Waals surface area (Å²) in [5.41, 5.74) is -0.100. The SMILES string of the molecule is C=CC(C)(C)c1cc(C(C)(C)C=C)c(OC(=O)C(C)(C)C)c(/C=C/C(=O)c2ccc(OC(=O)C(C)(C)C)cc2)c1OCCC. The fourth-order valence-electron chi connectivity index (χ4n) is 3.92. The van der Waals surface area contributed by atoms with Crippen molar-refractivity contribution in [2.45, 2.75) is 93.4 Å². The number of benzene rings is 2. The Morgan fingerprint density at radius 1 is 0.727 bits per heavy atom. The van der Waals surface area contributed by atoms with Crippen LogP contribution >= 0.6 is 0 Å². The second kappa shape index (κ2) is 13.8. The Morgan fingerprint density at radius 2 is 1.20 bits per heavy atom. The minimum absolute atomic E-state index is 0.286. The molecule has 2 aromatic rings. The first-order chi connectivity index (χ1) is 20.2. The zero-order valence-corrected chi connectivity index (χ0v) is 28.5. The van der Waals surface area contributed by atoms with Crippen molar-refractivity contribution in [3.63, 3.8) is 0 Å². The molecule has 238 valence electrons. The van der Waals surface area contributed by atoms with E-state index < -0.39 is 27.6 Å². The monoisotopic (exact) mass is 602 g/mol. The molecule has 0 unspecified atom stereocenters. The number of allylic oxidation sites excluding steroid dienone is 3. The maximum atomic E-state index is 13.4. The summed E-state index contributed by atoms with van der Waals surface area (Å²) in [5.74, 6) is 0.119. The number of carbonyl (C=O) groups excluding carboxylic acids is 3. The van der Waals surface area contributed by atoms with E-state index in [0.29, 0.717) is 35.0 Å². The molecule has 0 saturated heterocycles. The van der Waals surface area contributed by atoms with Crippen LogP contribution in [0.25, 0.3) is 6.08 Å². The molecule has 2 rings (SSSR count). The van der Waals surface area contributed by atoms with Gasteiger partial charge in [-0.1, -0.05) is 46.8 Å². The van der Waals surface area contributed by atoms with Gasteiger partial charge in [-0.15, -0.1) is 13.2 Å². The largest absolute Gasteiger partial charge is 0.493 e.